The van der Waals surface area contributed by atoms with Gasteiger partial charge >= 0.3 is 6.09 Å². The van der Waals surface area contributed by atoms with Crippen LogP contribution in [0.2, 0.25) is 0 Å². The Kier molecular flexibility index (Phi) is 6.36. The van der Waals surface area contributed by atoms with E-state index in [1.165, 1.54) is 0 Å². The van der Waals surface area contributed by atoms with E-state index in [4.69, 9.17) is 29.4 Å². The number of likely N-dealkylation sites (N-methyl/N-ethyl adjacent to an activating group) is 1. The molecule has 4 atom stereocenters. The predicted octanol–water partition coefficient (Wildman–Crippen LogP) is 4.75. The number of carbonyl (C=O) groups excluding carboxylic acids is 1. The molecule has 220 valence electrons. The summed E-state index contributed by atoms with van der Waals surface area (Å²) in [7, 11) is 2.15. The number of hydrogen-bond acceptors (Lipinski definition) is 10. The van der Waals surface area contributed by atoms with Crippen molar-refractivity contribution in [2.24, 2.45) is 0 Å². The van der Waals surface area contributed by atoms with E-state index in [0.29, 0.717) is 30.9 Å². The molecule has 3 aromatic rings. The summed E-state index contributed by atoms with van der Waals surface area (Å²) in [5.41, 5.74) is 2.33. The first-order chi connectivity index (χ1) is 20.1. The van der Waals surface area contributed by atoms with E-state index in [2.05, 4.69) is 49.0 Å². The molecule has 1 N–H and O–H groups in total. The first kappa shape index (κ1) is 27.0. The zero-order valence-corrected chi connectivity index (χ0v) is 24.9. The highest BCUT2D eigenvalue weighted by Crippen LogP contribution is 2.53. The van der Waals surface area contributed by atoms with Gasteiger partial charge in [-0.25, -0.2) is 14.8 Å². The quantitative estimate of drug-likeness (QED) is 0.462. The van der Waals surface area contributed by atoms with Gasteiger partial charge in [0.05, 0.1) is 36.2 Å². The highest BCUT2D eigenvalue weighted by Gasteiger charge is 2.55. The lowest BCUT2D eigenvalue weighted by molar-refractivity contribution is -0.0893. The lowest BCUT2D eigenvalue weighted by Gasteiger charge is -2.46. The van der Waals surface area contributed by atoms with Crippen molar-refractivity contribution < 1.29 is 14.3 Å². The van der Waals surface area contributed by atoms with Crippen molar-refractivity contribution in [2.75, 3.05) is 48.5 Å². The van der Waals surface area contributed by atoms with Gasteiger partial charge in [-0.15, -0.1) is 0 Å². The van der Waals surface area contributed by atoms with Gasteiger partial charge in [0, 0.05) is 35.3 Å². The van der Waals surface area contributed by atoms with E-state index in [1.807, 2.05) is 43.6 Å². The normalized spacial score (nSPS) is 28.5. The molecule has 7 rings (SSSR count). The molecule has 0 aromatic carbocycles. The Morgan fingerprint density at radius 3 is 2.52 bits per heavy atom. The molecule has 3 aromatic heterocycles. The second-order valence-electron chi connectivity index (χ2n) is 13.0. The van der Waals surface area contributed by atoms with Gasteiger partial charge in [0.15, 0.2) is 0 Å². The van der Waals surface area contributed by atoms with E-state index in [0.717, 1.165) is 54.5 Å². The second kappa shape index (κ2) is 9.88. The van der Waals surface area contributed by atoms with E-state index in [-0.39, 0.29) is 29.2 Å². The smallest absolute Gasteiger partial charge is 0.415 e. The molecule has 3 fully saturated rings. The van der Waals surface area contributed by atoms with Gasteiger partial charge < -0.3 is 24.6 Å². The first-order valence-corrected chi connectivity index (χ1v) is 14.8. The fourth-order valence-electron chi connectivity index (χ4n) is 6.80. The molecule has 42 heavy (non-hydrogen) atoms. The topological polar surface area (TPSA) is 109 Å². The standard InChI is InChI=1S/C31H38N8O3/c1-19-17-41-29(40)38(19)25-7-6-8-26(35-25)39-24-13-30(2,3)42-18-31(24,4)22-15-33-28(36-27(22)39)34-21-9-10-23(32-14-21)20-11-12-37(5)16-20/h6-10,14-15,19-20,24H,11-13,16-18H2,1-5H3,(H,33,34,36)/t19-,20-,24+,31+/m0/s1. The molecular formula is C31H38N8O3. The fraction of sp³-hybridized carbons (Fsp3) is 0.516. The molecule has 4 aliphatic heterocycles. The highest BCUT2D eigenvalue weighted by molar-refractivity contribution is 5.89. The van der Waals surface area contributed by atoms with Gasteiger partial charge in [-0.1, -0.05) is 13.0 Å². The number of aromatic nitrogens is 4. The van der Waals surface area contributed by atoms with Crippen LogP contribution in [0.15, 0.2) is 42.7 Å². The Morgan fingerprint density at radius 2 is 1.83 bits per heavy atom. The number of anilines is 5. The molecule has 0 unspecified atom stereocenters. The second-order valence-corrected chi connectivity index (χ2v) is 13.0. The zero-order chi connectivity index (χ0) is 29.2. The van der Waals surface area contributed by atoms with Crippen molar-refractivity contribution in [3.63, 3.8) is 0 Å². The van der Waals surface area contributed by atoms with Crippen molar-refractivity contribution >= 4 is 35.2 Å². The number of hydrogen-bond donors (Lipinski definition) is 1. The van der Waals surface area contributed by atoms with Crippen LogP contribution in [0.4, 0.5) is 33.9 Å². The first-order valence-electron chi connectivity index (χ1n) is 14.8. The number of ether oxygens (including phenoxy) is 2. The van der Waals surface area contributed by atoms with E-state index >= 15 is 0 Å². The van der Waals surface area contributed by atoms with Crippen molar-refractivity contribution in [3.05, 3.63) is 54.0 Å². The van der Waals surface area contributed by atoms with Crippen LogP contribution >= 0.6 is 0 Å². The third-order valence-electron chi connectivity index (χ3n) is 9.26. The lowest BCUT2D eigenvalue weighted by atomic mass is 9.73. The number of pyridine rings is 2. The number of amides is 1. The number of rotatable bonds is 5. The molecule has 1 amide bonds. The minimum Gasteiger partial charge on any atom is -0.447 e. The number of cyclic esters (lactones) is 1. The molecule has 0 saturated carbocycles. The fourth-order valence-corrected chi connectivity index (χ4v) is 6.80. The number of carbonyl (C=O) groups is 1. The van der Waals surface area contributed by atoms with Crippen molar-refractivity contribution in [1.82, 2.24) is 24.8 Å². The predicted molar refractivity (Wildman–Crippen MR) is 160 cm³/mol. The SMILES string of the molecule is C[C@H]1COC(=O)N1c1cccc(N2c3nc(Nc4ccc([C@H]5CCN(C)C5)nc4)ncc3[C@@]3(C)COC(C)(C)C[C@@H]23)n1. The van der Waals surface area contributed by atoms with E-state index < -0.39 is 0 Å². The average Bonchev–Trinajstić information content (AvgIpc) is 3.62. The van der Waals surface area contributed by atoms with Gasteiger partial charge in [-0.05, 0) is 71.5 Å². The molecule has 0 radical (unpaired) electrons. The Morgan fingerprint density at radius 1 is 1.02 bits per heavy atom. The molecular weight excluding hydrogens is 532 g/mol. The largest absolute Gasteiger partial charge is 0.447 e. The van der Waals surface area contributed by atoms with Gasteiger partial charge in [-0.2, -0.15) is 4.98 Å². The number of likely N-dealkylation sites (tertiary alicyclic amines) is 1. The van der Waals surface area contributed by atoms with Crippen molar-refractivity contribution in [2.45, 2.75) is 69.6 Å². The van der Waals surface area contributed by atoms with Crippen LogP contribution in [-0.4, -0.2) is 82.0 Å². The Hall–Kier alpha value is -3.83. The Bertz CT molecular complexity index is 1510. The number of fused-ring (bicyclic) bond motifs is 3. The summed E-state index contributed by atoms with van der Waals surface area (Å²) in [6.45, 7) is 11.5. The van der Waals surface area contributed by atoms with Crippen LogP contribution in [0.5, 0.6) is 0 Å². The molecule has 11 nitrogen and oxygen atoms in total. The highest BCUT2D eigenvalue weighted by atomic mass is 16.6. The summed E-state index contributed by atoms with van der Waals surface area (Å²) < 4.78 is 11.6. The summed E-state index contributed by atoms with van der Waals surface area (Å²) in [5, 5.41) is 3.37. The number of nitrogens with zero attached hydrogens (tertiary/aromatic N) is 7. The summed E-state index contributed by atoms with van der Waals surface area (Å²) in [6, 6.07) is 9.86. The minimum absolute atomic E-state index is 0.0389. The third kappa shape index (κ3) is 4.55. The Labute approximate surface area is 246 Å². The van der Waals surface area contributed by atoms with Crippen LogP contribution in [-0.2, 0) is 14.9 Å². The molecule has 0 spiro atoms. The van der Waals surface area contributed by atoms with Crippen LogP contribution < -0.4 is 15.1 Å². The molecule has 7 heterocycles. The van der Waals surface area contributed by atoms with Crippen LogP contribution in [0.1, 0.15) is 57.7 Å². The molecule has 11 heteroatoms. The van der Waals surface area contributed by atoms with Crippen LogP contribution in [0.25, 0.3) is 0 Å². The Balaban J connectivity index is 1.24. The number of nitrogens with one attached hydrogen (secondary N) is 1. The van der Waals surface area contributed by atoms with Crippen LogP contribution in [0, 0.1) is 0 Å². The van der Waals surface area contributed by atoms with Crippen molar-refractivity contribution in [3.8, 4) is 0 Å². The minimum atomic E-state index is -0.376. The molecule has 0 aliphatic carbocycles. The summed E-state index contributed by atoms with van der Waals surface area (Å²) in [4.78, 5) is 38.2. The van der Waals surface area contributed by atoms with E-state index in [1.54, 1.807) is 4.90 Å². The maximum Gasteiger partial charge on any atom is 0.415 e. The monoisotopic (exact) mass is 570 g/mol. The van der Waals surface area contributed by atoms with Crippen molar-refractivity contribution in [1.29, 1.82) is 0 Å². The summed E-state index contributed by atoms with van der Waals surface area (Å²) >= 11 is 0. The maximum absolute atomic E-state index is 12.5. The van der Waals surface area contributed by atoms with Gasteiger partial charge in [-0.3, -0.25) is 9.88 Å². The third-order valence-corrected chi connectivity index (χ3v) is 9.26. The summed E-state index contributed by atoms with van der Waals surface area (Å²) in [6.07, 6.45) is 5.31. The zero-order valence-electron chi connectivity index (χ0n) is 24.9. The van der Waals surface area contributed by atoms with Gasteiger partial charge in [0.1, 0.15) is 24.1 Å². The van der Waals surface area contributed by atoms with E-state index in [9.17, 15) is 4.79 Å². The lowest BCUT2D eigenvalue weighted by Crippen LogP contribution is -2.54. The summed E-state index contributed by atoms with van der Waals surface area (Å²) in [5.74, 6) is 3.05. The molecule has 0 bridgehead atoms. The van der Waals surface area contributed by atoms with Gasteiger partial charge in [0.25, 0.3) is 0 Å². The van der Waals surface area contributed by atoms with Crippen LogP contribution in [0.3, 0.4) is 0 Å². The van der Waals surface area contributed by atoms with Gasteiger partial charge in [0.2, 0.25) is 5.95 Å². The molecule has 4 aliphatic rings. The maximum atomic E-state index is 12.5. The molecule has 3 saturated heterocycles. The average molecular weight is 571 g/mol.